The van der Waals surface area contributed by atoms with E-state index in [1.165, 1.54) is 22.4 Å². The molecule has 2 heterocycles. The Morgan fingerprint density at radius 2 is 1.81 bits per heavy atom. The molecule has 0 atom stereocenters. The first-order chi connectivity index (χ1) is 7.66. The third kappa shape index (κ3) is 1.29. The van der Waals surface area contributed by atoms with Crippen LogP contribution in [0.25, 0.3) is 0 Å². The number of hydrogen-bond acceptors (Lipinski definition) is 1. The minimum atomic E-state index is 0.309. The predicted molar refractivity (Wildman–Crippen MR) is 64.9 cm³/mol. The zero-order valence-electron chi connectivity index (χ0n) is 9.92. The fourth-order valence-corrected chi connectivity index (χ4v) is 2.82. The van der Waals surface area contributed by atoms with Crippen molar-refractivity contribution >= 4 is 11.6 Å². The number of aryl methyl sites for hydroxylation is 1. The summed E-state index contributed by atoms with van der Waals surface area (Å²) >= 11 is 0. The van der Waals surface area contributed by atoms with E-state index in [0.29, 0.717) is 18.2 Å². The highest BCUT2D eigenvalue weighted by atomic mass is 16.2. The van der Waals surface area contributed by atoms with Crippen LogP contribution < -0.4 is 4.90 Å². The molecule has 16 heavy (non-hydrogen) atoms. The molecule has 84 valence electrons. The SMILES string of the molecule is CC(C)c1cc2c3c(c1)CCN3C(=O)CC2. The highest BCUT2D eigenvalue weighted by molar-refractivity contribution is 5.98. The van der Waals surface area contributed by atoms with E-state index in [2.05, 4.69) is 26.0 Å². The molecule has 0 N–H and O–H groups in total. The summed E-state index contributed by atoms with van der Waals surface area (Å²) in [5.41, 5.74) is 5.43. The molecule has 0 spiro atoms. The van der Waals surface area contributed by atoms with Crippen LogP contribution in [0.2, 0.25) is 0 Å². The van der Waals surface area contributed by atoms with Gasteiger partial charge in [-0.05, 0) is 35.4 Å². The number of hydrogen-bond donors (Lipinski definition) is 0. The van der Waals surface area contributed by atoms with Gasteiger partial charge in [-0.1, -0.05) is 26.0 Å². The Balaban J connectivity index is 2.16. The van der Waals surface area contributed by atoms with Crippen LogP contribution in [-0.4, -0.2) is 12.5 Å². The summed E-state index contributed by atoms with van der Waals surface area (Å²) in [6.45, 7) is 5.35. The van der Waals surface area contributed by atoms with Crippen molar-refractivity contribution in [3.63, 3.8) is 0 Å². The molecule has 0 aromatic heterocycles. The number of rotatable bonds is 1. The molecule has 0 fully saturated rings. The number of nitrogens with zero attached hydrogens (tertiary/aromatic N) is 1. The number of amides is 1. The van der Waals surface area contributed by atoms with Gasteiger partial charge in [-0.3, -0.25) is 4.79 Å². The van der Waals surface area contributed by atoms with Gasteiger partial charge in [0, 0.05) is 13.0 Å². The molecule has 1 aromatic rings. The summed E-state index contributed by atoms with van der Waals surface area (Å²) in [5.74, 6) is 0.886. The van der Waals surface area contributed by atoms with Crippen molar-refractivity contribution in [2.45, 2.75) is 39.0 Å². The first-order valence-corrected chi connectivity index (χ1v) is 6.13. The van der Waals surface area contributed by atoms with Crippen molar-refractivity contribution in [1.29, 1.82) is 0 Å². The molecule has 0 saturated carbocycles. The lowest BCUT2D eigenvalue weighted by molar-refractivity contribution is -0.118. The van der Waals surface area contributed by atoms with E-state index in [1.54, 1.807) is 0 Å². The second-order valence-corrected chi connectivity index (χ2v) is 5.14. The first kappa shape index (κ1) is 9.88. The maximum atomic E-state index is 11.8. The van der Waals surface area contributed by atoms with Crippen molar-refractivity contribution in [1.82, 2.24) is 0 Å². The largest absolute Gasteiger partial charge is 0.312 e. The van der Waals surface area contributed by atoms with Gasteiger partial charge in [-0.25, -0.2) is 0 Å². The molecule has 3 rings (SSSR count). The van der Waals surface area contributed by atoms with Crippen molar-refractivity contribution in [3.05, 3.63) is 28.8 Å². The van der Waals surface area contributed by atoms with Crippen LogP contribution in [-0.2, 0) is 17.6 Å². The average molecular weight is 215 g/mol. The van der Waals surface area contributed by atoms with E-state index in [1.807, 2.05) is 4.90 Å². The van der Waals surface area contributed by atoms with Crippen molar-refractivity contribution in [2.75, 3.05) is 11.4 Å². The Morgan fingerprint density at radius 3 is 2.50 bits per heavy atom. The third-order valence-corrected chi connectivity index (χ3v) is 3.74. The Labute approximate surface area is 96.3 Å². The van der Waals surface area contributed by atoms with Crippen LogP contribution in [0.1, 0.15) is 42.9 Å². The van der Waals surface area contributed by atoms with Crippen LogP contribution >= 0.6 is 0 Å². The highest BCUT2D eigenvalue weighted by Crippen LogP contribution is 2.38. The summed E-state index contributed by atoms with van der Waals surface area (Å²) < 4.78 is 0. The molecule has 1 amide bonds. The van der Waals surface area contributed by atoms with Gasteiger partial charge in [0.25, 0.3) is 0 Å². The van der Waals surface area contributed by atoms with Gasteiger partial charge in [0.15, 0.2) is 0 Å². The van der Waals surface area contributed by atoms with Crippen LogP contribution in [0.3, 0.4) is 0 Å². The van der Waals surface area contributed by atoms with Gasteiger partial charge in [0.05, 0.1) is 5.69 Å². The summed E-state index contributed by atoms with van der Waals surface area (Å²) in [7, 11) is 0. The fraction of sp³-hybridized carbons (Fsp3) is 0.500. The zero-order valence-corrected chi connectivity index (χ0v) is 9.92. The smallest absolute Gasteiger partial charge is 0.227 e. The van der Waals surface area contributed by atoms with Gasteiger partial charge < -0.3 is 4.90 Å². The number of benzene rings is 1. The van der Waals surface area contributed by atoms with E-state index < -0.39 is 0 Å². The fourth-order valence-electron chi connectivity index (χ4n) is 2.82. The summed E-state index contributed by atoms with van der Waals surface area (Å²) in [5, 5.41) is 0. The second kappa shape index (κ2) is 3.34. The van der Waals surface area contributed by atoms with Crippen molar-refractivity contribution in [3.8, 4) is 0 Å². The van der Waals surface area contributed by atoms with Crippen LogP contribution in [0.4, 0.5) is 5.69 Å². The molecule has 0 aliphatic carbocycles. The standard InChI is InChI=1S/C14H17NO/c1-9(2)12-7-10-3-4-13(16)15-6-5-11(8-12)14(10)15/h7-9H,3-6H2,1-2H3. The Kier molecular flexibility index (Phi) is 2.06. The van der Waals surface area contributed by atoms with Gasteiger partial charge >= 0.3 is 0 Å². The maximum absolute atomic E-state index is 11.8. The zero-order chi connectivity index (χ0) is 11.3. The normalized spacial score (nSPS) is 18.2. The predicted octanol–water partition coefficient (Wildman–Crippen LogP) is 2.65. The van der Waals surface area contributed by atoms with E-state index >= 15 is 0 Å². The van der Waals surface area contributed by atoms with Gasteiger partial charge in [0.2, 0.25) is 5.91 Å². The van der Waals surface area contributed by atoms with Crippen molar-refractivity contribution < 1.29 is 4.79 Å². The Bertz CT molecular complexity index is 462. The Morgan fingerprint density at radius 1 is 1.12 bits per heavy atom. The maximum Gasteiger partial charge on any atom is 0.227 e. The number of carbonyl (C=O) groups is 1. The lowest BCUT2D eigenvalue weighted by Gasteiger charge is -2.26. The molecular formula is C14H17NO. The summed E-state index contributed by atoms with van der Waals surface area (Å²) in [4.78, 5) is 13.8. The minimum absolute atomic E-state index is 0.309. The quantitative estimate of drug-likeness (QED) is 0.705. The summed E-state index contributed by atoms with van der Waals surface area (Å²) in [6.07, 6.45) is 2.65. The highest BCUT2D eigenvalue weighted by Gasteiger charge is 2.31. The monoisotopic (exact) mass is 215 g/mol. The molecule has 2 heteroatoms. The van der Waals surface area contributed by atoms with Gasteiger partial charge in [-0.15, -0.1) is 0 Å². The van der Waals surface area contributed by atoms with Gasteiger partial charge in [-0.2, -0.15) is 0 Å². The average Bonchev–Trinajstić information content (AvgIpc) is 2.68. The third-order valence-electron chi connectivity index (χ3n) is 3.74. The lowest BCUT2D eigenvalue weighted by atomic mass is 9.92. The molecule has 0 saturated heterocycles. The topological polar surface area (TPSA) is 20.3 Å². The minimum Gasteiger partial charge on any atom is -0.312 e. The van der Waals surface area contributed by atoms with E-state index in [0.717, 1.165) is 19.4 Å². The van der Waals surface area contributed by atoms with Crippen LogP contribution in [0.5, 0.6) is 0 Å². The molecule has 0 unspecified atom stereocenters. The molecular weight excluding hydrogens is 198 g/mol. The Hall–Kier alpha value is -1.31. The molecule has 0 bridgehead atoms. The van der Waals surface area contributed by atoms with Gasteiger partial charge in [0.1, 0.15) is 0 Å². The second-order valence-electron chi connectivity index (χ2n) is 5.14. The van der Waals surface area contributed by atoms with E-state index in [4.69, 9.17) is 0 Å². The summed E-state index contributed by atoms with van der Waals surface area (Å²) in [6, 6.07) is 4.59. The number of carbonyl (C=O) groups excluding carboxylic acids is 1. The molecule has 0 radical (unpaired) electrons. The van der Waals surface area contributed by atoms with Crippen LogP contribution in [0, 0.1) is 0 Å². The van der Waals surface area contributed by atoms with Crippen molar-refractivity contribution in [2.24, 2.45) is 0 Å². The van der Waals surface area contributed by atoms with E-state index in [9.17, 15) is 4.79 Å². The molecule has 2 aliphatic heterocycles. The lowest BCUT2D eigenvalue weighted by Crippen LogP contribution is -2.32. The number of anilines is 1. The van der Waals surface area contributed by atoms with E-state index in [-0.39, 0.29) is 0 Å². The van der Waals surface area contributed by atoms with Crippen LogP contribution in [0.15, 0.2) is 12.1 Å². The molecule has 2 nitrogen and oxygen atoms in total. The molecule has 1 aromatic carbocycles. The molecule has 2 aliphatic rings. The first-order valence-electron chi connectivity index (χ1n) is 6.13.